The van der Waals surface area contributed by atoms with Gasteiger partial charge >= 0.3 is 0 Å². The number of rotatable bonds is 5. The summed E-state index contributed by atoms with van der Waals surface area (Å²) in [6, 6.07) is 0.638. The molecular formula is C15H29NO. The van der Waals surface area contributed by atoms with Crippen LogP contribution in [0.25, 0.3) is 0 Å². The Bertz CT molecular complexity index is 211. The molecule has 1 aliphatic heterocycles. The summed E-state index contributed by atoms with van der Waals surface area (Å²) in [5, 5.41) is 3.63. The van der Waals surface area contributed by atoms with E-state index in [2.05, 4.69) is 19.2 Å². The predicted molar refractivity (Wildman–Crippen MR) is 72.1 cm³/mol. The second-order valence-electron chi connectivity index (χ2n) is 6.31. The van der Waals surface area contributed by atoms with Crippen molar-refractivity contribution in [2.75, 3.05) is 19.8 Å². The highest BCUT2D eigenvalue weighted by Crippen LogP contribution is 2.37. The Balaban J connectivity index is 1.73. The molecule has 1 saturated heterocycles. The highest BCUT2D eigenvalue weighted by Gasteiger charge is 2.29. The van der Waals surface area contributed by atoms with Gasteiger partial charge in [-0.3, -0.25) is 0 Å². The molecule has 1 saturated carbocycles. The molecule has 1 aliphatic carbocycles. The van der Waals surface area contributed by atoms with Gasteiger partial charge in [0.05, 0.1) is 0 Å². The van der Waals surface area contributed by atoms with E-state index in [4.69, 9.17) is 4.74 Å². The van der Waals surface area contributed by atoms with Gasteiger partial charge in [-0.1, -0.05) is 26.7 Å². The van der Waals surface area contributed by atoms with E-state index in [1.165, 1.54) is 45.1 Å². The van der Waals surface area contributed by atoms with E-state index in [0.29, 0.717) is 6.04 Å². The lowest BCUT2D eigenvalue weighted by Crippen LogP contribution is -2.31. The summed E-state index contributed by atoms with van der Waals surface area (Å²) in [5.41, 5.74) is 0. The quantitative estimate of drug-likeness (QED) is 0.795. The third kappa shape index (κ3) is 4.26. The fourth-order valence-corrected chi connectivity index (χ4v) is 3.49. The smallest absolute Gasteiger partial charge is 0.0468 e. The first-order chi connectivity index (χ1) is 8.25. The average molecular weight is 239 g/mol. The van der Waals surface area contributed by atoms with Crippen LogP contribution in [0.4, 0.5) is 0 Å². The van der Waals surface area contributed by atoms with Gasteiger partial charge in [0.1, 0.15) is 0 Å². The van der Waals surface area contributed by atoms with Crippen LogP contribution in [0, 0.1) is 17.8 Å². The fraction of sp³-hybridized carbons (Fsp3) is 1.00. The van der Waals surface area contributed by atoms with Gasteiger partial charge in [0.25, 0.3) is 0 Å². The molecule has 0 aromatic rings. The summed E-state index contributed by atoms with van der Waals surface area (Å²) in [6.45, 7) is 7.76. The molecule has 1 heterocycles. The van der Waals surface area contributed by atoms with E-state index in [1.54, 1.807) is 0 Å². The van der Waals surface area contributed by atoms with Gasteiger partial charge in [-0.25, -0.2) is 0 Å². The summed E-state index contributed by atoms with van der Waals surface area (Å²) < 4.78 is 5.46. The highest BCUT2D eigenvalue weighted by molar-refractivity contribution is 4.82. The zero-order chi connectivity index (χ0) is 12.1. The second-order valence-corrected chi connectivity index (χ2v) is 6.31. The maximum atomic E-state index is 5.46. The first-order valence-corrected chi connectivity index (χ1v) is 7.57. The summed E-state index contributed by atoms with van der Waals surface area (Å²) in [4.78, 5) is 0. The molecule has 2 nitrogen and oxygen atoms in total. The van der Waals surface area contributed by atoms with Crippen LogP contribution >= 0.6 is 0 Å². The molecule has 0 radical (unpaired) electrons. The summed E-state index contributed by atoms with van der Waals surface area (Å²) in [7, 11) is 0. The molecule has 17 heavy (non-hydrogen) atoms. The molecule has 100 valence electrons. The minimum Gasteiger partial charge on any atom is -0.381 e. The first-order valence-electron chi connectivity index (χ1n) is 7.57. The van der Waals surface area contributed by atoms with E-state index in [0.717, 1.165) is 31.0 Å². The Labute approximate surface area is 107 Å². The normalized spacial score (nSPS) is 31.2. The molecule has 2 rings (SSSR count). The van der Waals surface area contributed by atoms with Crippen LogP contribution in [0.2, 0.25) is 0 Å². The van der Waals surface area contributed by atoms with Gasteiger partial charge in [0, 0.05) is 19.3 Å². The van der Waals surface area contributed by atoms with Crippen molar-refractivity contribution in [3.05, 3.63) is 0 Å². The number of hydrogen-bond acceptors (Lipinski definition) is 2. The average Bonchev–Trinajstić information content (AvgIpc) is 2.75. The van der Waals surface area contributed by atoms with Crippen molar-refractivity contribution in [3.8, 4) is 0 Å². The molecule has 0 amide bonds. The molecule has 2 fully saturated rings. The standard InChI is InChI=1S/C15H29NO/c1-12(2)16-11-15-5-3-4-14(15)10-13-6-8-17-9-7-13/h12-16H,3-11H2,1-2H3. The Hall–Kier alpha value is -0.0800. The third-order valence-corrected chi connectivity index (χ3v) is 4.58. The minimum absolute atomic E-state index is 0.638. The van der Waals surface area contributed by atoms with Crippen LogP contribution in [0.5, 0.6) is 0 Å². The van der Waals surface area contributed by atoms with Gasteiger partial charge in [-0.05, 0) is 50.0 Å². The zero-order valence-corrected chi connectivity index (χ0v) is 11.6. The van der Waals surface area contributed by atoms with Crippen molar-refractivity contribution < 1.29 is 4.74 Å². The number of ether oxygens (including phenoxy) is 1. The molecule has 2 atom stereocenters. The number of hydrogen-bond donors (Lipinski definition) is 1. The molecule has 0 bridgehead atoms. The van der Waals surface area contributed by atoms with Gasteiger partial charge in [0.2, 0.25) is 0 Å². The maximum Gasteiger partial charge on any atom is 0.0468 e. The molecule has 2 heteroatoms. The zero-order valence-electron chi connectivity index (χ0n) is 11.6. The highest BCUT2D eigenvalue weighted by atomic mass is 16.5. The van der Waals surface area contributed by atoms with Crippen LogP contribution in [0.3, 0.4) is 0 Å². The lowest BCUT2D eigenvalue weighted by Gasteiger charge is -2.28. The SMILES string of the molecule is CC(C)NCC1CCCC1CC1CCOCC1. The van der Waals surface area contributed by atoms with E-state index in [1.807, 2.05) is 0 Å². The Kier molecular flexibility index (Phi) is 5.30. The van der Waals surface area contributed by atoms with Gasteiger partial charge in [-0.2, -0.15) is 0 Å². The summed E-state index contributed by atoms with van der Waals surface area (Å²) in [6.07, 6.45) is 8.46. The van der Waals surface area contributed by atoms with Crippen molar-refractivity contribution in [1.82, 2.24) is 5.32 Å². The van der Waals surface area contributed by atoms with E-state index >= 15 is 0 Å². The van der Waals surface area contributed by atoms with E-state index in [9.17, 15) is 0 Å². The van der Waals surface area contributed by atoms with Gasteiger partial charge < -0.3 is 10.1 Å². The third-order valence-electron chi connectivity index (χ3n) is 4.58. The lowest BCUT2D eigenvalue weighted by molar-refractivity contribution is 0.0562. The molecule has 1 N–H and O–H groups in total. The molecule has 0 aromatic heterocycles. The fourth-order valence-electron chi connectivity index (χ4n) is 3.49. The van der Waals surface area contributed by atoms with Gasteiger partial charge in [0.15, 0.2) is 0 Å². The Morgan fingerprint density at radius 3 is 2.47 bits per heavy atom. The monoisotopic (exact) mass is 239 g/mol. The Morgan fingerprint density at radius 2 is 1.76 bits per heavy atom. The first kappa shape index (κ1) is 13.4. The molecule has 2 aliphatic rings. The van der Waals surface area contributed by atoms with Crippen molar-refractivity contribution in [2.45, 2.75) is 58.4 Å². The van der Waals surface area contributed by atoms with Crippen LogP contribution in [0.15, 0.2) is 0 Å². The number of nitrogens with one attached hydrogen (secondary N) is 1. The summed E-state index contributed by atoms with van der Waals surface area (Å²) >= 11 is 0. The lowest BCUT2D eigenvalue weighted by atomic mass is 9.83. The largest absolute Gasteiger partial charge is 0.381 e. The molecule has 0 spiro atoms. The topological polar surface area (TPSA) is 21.3 Å². The van der Waals surface area contributed by atoms with E-state index in [-0.39, 0.29) is 0 Å². The second kappa shape index (κ2) is 6.75. The predicted octanol–water partition coefficient (Wildman–Crippen LogP) is 3.22. The molecule has 0 aromatic carbocycles. The maximum absolute atomic E-state index is 5.46. The Morgan fingerprint density at radius 1 is 1.06 bits per heavy atom. The van der Waals surface area contributed by atoms with Crippen molar-refractivity contribution >= 4 is 0 Å². The van der Waals surface area contributed by atoms with Gasteiger partial charge in [-0.15, -0.1) is 0 Å². The van der Waals surface area contributed by atoms with Crippen molar-refractivity contribution in [3.63, 3.8) is 0 Å². The summed E-state index contributed by atoms with van der Waals surface area (Å²) in [5.74, 6) is 2.89. The van der Waals surface area contributed by atoms with Crippen LogP contribution < -0.4 is 5.32 Å². The van der Waals surface area contributed by atoms with E-state index < -0.39 is 0 Å². The molecule has 2 unspecified atom stereocenters. The van der Waals surface area contributed by atoms with Crippen LogP contribution in [-0.2, 0) is 4.74 Å². The van der Waals surface area contributed by atoms with Crippen molar-refractivity contribution in [1.29, 1.82) is 0 Å². The molecular weight excluding hydrogens is 210 g/mol. The van der Waals surface area contributed by atoms with Crippen LogP contribution in [-0.4, -0.2) is 25.8 Å². The van der Waals surface area contributed by atoms with Crippen LogP contribution in [0.1, 0.15) is 52.4 Å². The van der Waals surface area contributed by atoms with Crippen molar-refractivity contribution in [2.24, 2.45) is 17.8 Å². The minimum atomic E-state index is 0.638.